The molecule has 0 amide bonds. The van der Waals surface area contributed by atoms with Crippen LogP contribution in [0.2, 0.25) is 0 Å². The molecule has 3 aromatic rings. The molecule has 3 rings (SSSR count). The van der Waals surface area contributed by atoms with Crippen LogP contribution in [-0.4, -0.2) is 19.3 Å². The third kappa shape index (κ3) is 2.62. The summed E-state index contributed by atoms with van der Waals surface area (Å²) in [5, 5.41) is 11.9. The highest BCUT2D eigenvalue weighted by molar-refractivity contribution is 9.10. The van der Waals surface area contributed by atoms with E-state index >= 15 is 0 Å². The number of aromatic hydroxyl groups is 1. The lowest BCUT2D eigenvalue weighted by Crippen LogP contribution is -1.91. The first-order valence-corrected chi connectivity index (χ1v) is 7.56. The summed E-state index contributed by atoms with van der Waals surface area (Å²) in [6.45, 7) is 0. The van der Waals surface area contributed by atoms with Gasteiger partial charge in [0.2, 0.25) is 0 Å². The highest BCUT2D eigenvalue weighted by atomic mass is 79.9. The monoisotopic (exact) mass is 358 g/mol. The minimum atomic E-state index is 0.220. The molecular weight excluding hydrogens is 344 g/mol. The molecule has 0 aliphatic carbocycles. The molecule has 0 fully saturated rings. The molecule has 0 aliphatic rings. The van der Waals surface area contributed by atoms with Crippen molar-refractivity contribution in [1.82, 2.24) is 0 Å². The maximum atomic E-state index is 10.0. The Morgan fingerprint density at radius 3 is 2.14 bits per heavy atom. The third-order valence-corrected chi connectivity index (χ3v) is 4.13. The van der Waals surface area contributed by atoms with E-state index in [4.69, 9.17) is 9.47 Å². The predicted molar refractivity (Wildman–Crippen MR) is 91.9 cm³/mol. The van der Waals surface area contributed by atoms with Crippen LogP contribution in [0.15, 0.2) is 53.0 Å². The molecule has 0 atom stereocenters. The molecule has 112 valence electrons. The van der Waals surface area contributed by atoms with Crippen molar-refractivity contribution in [3.8, 4) is 28.4 Å². The van der Waals surface area contributed by atoms with Gasteiger partial charge in [0, 0.05) is 4.47 Å². The maximum absolute atomic E-state index is 10.0. The van der Waals surface area contributed by atoms with E-state index in [0.717, 1.165) is 26.4 Å². The molecule has 0 aliphatic heterocycles. The third-order valence-electron chi connectivity index (χ3n) is 3.60. The van der Waals surface area contributed by atoms with Crippen LogP contribution in [0.25, 0.3) is 21.9 Å². The molecule has 0 radical (unpaired) electrons. The van der Waals surface area contributed by atoms with E-state index in [-0.39, 0.29) is 5.75 Å². The minimum absolute atomic E-state index is 0.220. The van der Waals surface area contributed by atoms with E-state index in [1.807, 2.05) is 36.4 Å². The fourth-order valence-corrected chi connectivity index (χ4v) is 2.81. The summed E-state index contributed by atoms with van der Waals surface area (Å²) in [7, 11) is 3.21. The number of ether oxygens (including phenoxy) is 2. The van der Waals surface area contributed by atoms with Gasteiger partial charge in [0.25, 0.3) is 0 Å². The number of hydrogen-bond donors (Lipinski definition) is 1. The molecule has 0 bridgehead atoms. The van der Waals surface area contributed by atoms with Gasteiger partial charge in [0.05, 0.1) is 14.2 Å². The van der Waals surface area contributed by atoms with E-state index < -0.39 is 0 Å². The number of hydrogen-bond acceptors (Lipinski definition) is 3. The van der Waals surface area contributed by atoms with Crippen LogP contribution >= 0.6 is 15.9 Å². The van der Waals surface area contributed by atoms with Crippen molar-refractivity contribution in [3.05, 3.63) is 53.0 Å². The summed E-state index contributed by atoms with van der Waals surface area (Å²) >= 11 is 3.44. The average molecular weight is 359 g/mol. The lowest BCUT2D eigenvalue weighted by atomic mass is 9.97. The van der Waals surface area contributed by atoms with Gasteiger partial charge in [-0.05, 0) is 58.3 Å². The Kier molecular flexibility index (Phi) is 3.94. The van der Waals surface area contributed by atoms with Crippen LogP contribution in [0.3, 0.4) is 0 Å². The summed E-state index contributed by atoms with van der Waals surface area (Å²) in [5.74, 6) is 1.53. The lowest BCUT2D eigenvalue weighted by molar-refractivity contribution is 0.356. The first-order chi connectivity index (χ1) is 10.6. The molecule has 0 unspecified atom stereocenters. The van der Waals surface area contributed by atoms with Crippen LogP contribution in [0.5, 0.6) is 17.2 Å². The summed E-state index contributed by atoms with van der Waals surface area (Å²) in [6, 6.07) is 15.3. The normalized spacial score (nSPS) is 10.7. The molecule has 0 saturated heterocycles. The summed E-state index contributed by atoms with van der Waals surface area (Å²) in [4.78, 5) is 0. The maximum Gasteiger partial charge on any atom is 0.161 e. The van der Waals surface area contributed by atoms with Gasteiger partial charge < -0.3 is 14.6 Å². The van der Waals surface area contributed by atoms with Gasteiger partial charge in [-0.15, -0.1) is 0 Å². The summed E-state index contributed by atoms with van der Waals surface area (Å²) in [5.41, 5.74) is 1.97. The Bertz CT molecular complexity index is 826. The van der Waals surface area contributed by atoms with Crippen molar-refractivity contribution in [2.24, 2.45) is 0 Å². The second-order valence-electron chi connectivity index (χ2n) is 4.93. The van der Waals surface area contributed by atoms with Crippen LogP contribution in [0, 0.1) is 0 Å². The van der Waals surface area contributed by atoms with Crippen LogP contribution < -0.4 is 9.47 Å². The quantitative estimate of drug-likeness (QED) is 0.716. The summed E-state index contributed by atoms with van der Waals surface area (Å²) in [6.07, 6.45) is 0. The van der Waals surface area contributed by atoms with Gasteiger partial charge >= 0.3 is 0 Å². The number of halogens is 1. The Hall–Kier alpha value is -2.20. The van der Waals surface area contributed by atoms with Crippen molar-refractivity contribution < 1.29 is 14.6 Å². The van der Waals surface area contributed by atoms with Crippen LogP contribution in [-0.2, 0) is 0 Å². The molecule has 0 aromatic heterocycles. The Balaban J connectivity index is 2.31. The van der Waals surface area contributed by atoms with Crippen molar-refractivity contribution in [3.63, 3.8) is 0 Å². The molecule has 22 heavy (non-hydrogen) atoms. The van der Waals surface area contributed by atoms with E-state index in [2.05, 4.69) is 15.9 Å². The van der Waals surface area contributed by atoms with Gasteiger partial charge in [-0.25, -0.2) is 0 Å². The standard InChI is InChI=1S/C18H15BrO3/c1-21-17-8-12-7-14(20)9-15(16(12)10-18(17)22-2)11-3-5-13(19)6-4-11/h3-10,20H,1-2H3. The molecule has 0 saturated carbocycles. The number of fused-ring (bicyclic) bond motifs is 1. The first-order valence-electron chi connectivity index (χ1n) is 6.77. The molecule has 3 aromatic carbocycles. The topological polar surface area (TPSA) is 38.7 Å². The zero-order valence-corrected chi connectivity index (χ0v) is 13.8. The van der Waals surface area contributed by atoms with Gasteiger partial charge in [0.15, 0.2) is 11.5 Å². The van der Waals surface area contributed by atoms with E-state index in [9.17, 15) is 5.11 Å². The van der Waals surface area contributed by atoms with Crippen molar-refractivity contribution in [2.75, 3.05) is 14.2 Å². The smallest absolute Gasteiger partial charge is 0.161 e. The number of rotatable bonds is 3. The number of benzene rings is 3. The van der Waals surface area contributed by atoms with Gasteiger partial charge in [-0.3, -0.25) is 0 Å². The Labute approximate surface area is 137 Å². The Morgan fingerprint density at radius 2 is 1.50 bits per heavy atom. The Morgan fingerprint density at radius 1 is 0.864 bits per heavy atom. The van der Waals surface area contributed by atoms with Gasteiger partial charge in [0.1, 0.15) is 5.75 Å². The van der Waals surface area contributed by atoms with Crippen molar-refractivity contribution in [1.29, 1.82) is 0 Å². The predicted octanol–water partition coefficient (Wildman–Crippen LogP) is 4.99. The van der Waals surface area contributed by atoms with Gasteiger partial charge in [-0.1, -0.05) is 28.1 Å². The van der Waals surface area contributed by atoms with Crippen LogP contribution in [0.1, 0.15) is 0 Å². The molecule has 1 N–H and O–H groups in total. The molecule has 0 heterocycles. The molecular formula is C18H15BrO3. The van der Waals surface area contributed by atoms with E-state index in [0.29, 0.717) is 11.5 Å². The fraction of sp³-hybridized carbons (Fsp3) is 0.111. The van der Waals surface area contributed by atoms with E-state index in [1.54, 1.807) is 26.4 Å². The molecule has 3 nitrogen and oxygen atoms in total. The second kappa shape index (κ2) is 5.89. The van der Waals surface area contributed by atoms with E-state index in [1.165, 1.54) is 0 Å². The zero-order valence-electron chi connectivity index (χ0n) is 12.3. The molecule has 4 heteroatoms. The van der Waals surface area contributed by atoms with Crippen molar-refractivity contribution >= 4 is 26.7 Å². The lowest BCUT2D eigenvalue weighted by Gasteiger charge is -2.13. The second-order valence-corrected chi connectivity index (χ2v) is 5.84. The highest BCUT2D eigenvalue weighted by Gasteiger charge is 2.11. The number of phenolic OH excluding ortho intramolecular Hbond substituents is 1. The zero-order chi connectivity index (χ0) is 15.7. The minimum Gasteiger partial charge on any atom is -0.508 e. The average Bonchev–Trinajstić information content (AvgIpc) is 2.53. The number of methoxy groups -OCH3 is 2. The molecule has 0 spiro atoms. The number of phenols is 1. The van der Waals surface area contributed by atoms with Crippen molar-refractivity contribution in [2.45, 2.75) is 0 Å². The highest BCUT2D eigenvalue weighted by Crippen LogP contribution is 2.39. The first kappa shape index (κ1) is 14.7. The SMILES string of the molecule is COc1cc2cc(O)cc(-c3ccc(Br)cc3)c2cc1OC. The summed E-state index contributed by atoms with van der Waals surface area (Å²) < 4.78 is 11.7. The van der Waals surface area contributed by atoms with Crippen LogP contribution in [0.4, 0.5) is 0 Å². The largest absolute Gasteiger partial charge is 0.508 e. The fourth-order valence-electron chi connectivity index (χ4n) is 2.54. The van der Waals surface area contributed by atoms with Gasteiger partial charge in [-0.2, -0.15) is 0 Å².